The van der Waals surface area contributed by atoms with Crippen LogP contribution in [-0.4, -0.2) is 5.78 Å². The first-order chi connectivity index (χ1) is 9.16. The van der Waals surface area contributed by atoms with Crippen LogP contribution in [0.3, 0.4) is 0 Å². The van der Waals surface area contributed by atoms with Crippen LogP contribution >= 0.6 is 11.6 Å². The second kappa shape index (κ2) is 4.78. The van der Waals surface area contributed by atoms with Crippen molar-refractivity contribution in [2.45, 2.75) is 12.3 Å². The SMILES string of the molecule is O=C(c1ccc(F)cc1)C1CC1c1ccccc1Cl. The molecular formula is C16H12ClFO. The predicted octanol–water partition coefficient (Wildman–Crippen LogP) is 4.47. The van der Waals surface area contributed by atoms with Crippen molar-refractivity contribution in [3.63, 3.8) is 0 Å². The predicted molar refractivity (Wildman–Crippen MR) is 73.0 cm³/mol. The van der Waals surface area contributed by atoms with E-state index >= 15 is 0 Å². The molecule has 0 bridgehead atoms. The Balaban J connectivity index is 1.78. The number of carbonyl (C=O) groups excluding carboxylic acids is 1. The highest BCUT2D eigenvalue weighted by Gasteiger charge is 2.44. The van der Waals surface area contributed by atoms with Crippen molar-refractivity contribution >= 4 is 17.4 Å². The highest BCUT2D eigenvalue weighted by atomic mass is 35.5. The molecule has 0 aromatic heterocycles. The largest absolute Gasteiger partial charge is 0.294 e. The number of benzene rings is 2. The minimum atomic E-state index is -0.324. The van der Waals surface area contributed by atoms with Crippen LogP contribution in [0.5, 0.6) is 0 Å². The Morgan fingerprint density at radius 2 is 1.79 bits per heavy atom. The van der Waals surface area contributed by atoms with Gasteiger partial charge in [0.2, 0.25) is 0 Å². The maximum atomic E-state index is 12.8. The summed E-state index contributed by atoms with van der Waals surface area (Å²) in [7, 11) is 0. The van der Waals surface area contributed by atoms with Crippen LogP contribution in [0.1, 0.15) is 28.3 Å². The van der Waals surface area contributed by atoms with Crippen molar-refractivity contribution in [2.75, 3.05) is 0 Å². The molecule has 2 aromatic rings. The Morgan fingerprint density at radius 3 is 2.47 bits per heavy atom. The van der Waals surface area contributed by atoms with Crippen molar-refractivity contribution in [2.24, 2.45) is 5.92 Å². The van der Waals surface area contributed by atoms with E-state index in [0.717, 1.165) is 12.0 Å². The molecule has 1 fully saturated rings. The molecule has 3 heteroatoms. The summed E-state index contributed by atoms with van der Waals surface area (Å²) >= 11 is 6.14. The molecule has 1 saturated carbocycles. The lowest BCUT2D eigenvalue weighted by Crippen LogP contribution is -2.03. The molecule has 1 aliphatic carbocycles. The average Bonchev–Trinajstić information content (AvgIpc) is 3.19. The maximum Gasteiger partial charge on any atom is 0.166 e. The van der Waals surface area contributed by atoms with Gasteiger partial charge in [-0.15, -0.1) is 0 Å². The number of rotatable bonds is 3. The molecule has 0 heterocycles. The summed E-state index contributed by atoms with van der Waals surface area (Å²) in [6.07, 6.45) is 0.819. The molecule has 96 valence electrons. The third kappa shape index (κ3) is 2.41. The molecule has 1 aliphatic rings. The van der Waals surface area contributed by atoms with Crippen LogP contribution in [0.15, 0.2) is 48.5 Å². The maximum absolute atomic E-state index is 12.8. The lowest BCUT2D eigenvalue weighted by Gasteiger charge is -2.03. The second-order valence-electron chi connectivity index (χ2n) is 4.84. The number of hydrogen-bond donors (Lipinski definition) is 0. The minimum absolute atomic E-state index is 0.0228. The van der Waals surface area contributed by atoms with Gasteiger partial charge in [-0.3, -0.25) is 4.79 Å². The Hall–Kier alpha value is -1.67. The van der Waals surface area contributed by atoms with E-state index in [9.17, 15) is 9.18 Å². The van der Waals surface area contributed by atoms with Crippen molar-refractivity contribution in [3.05, 3.63) is 70.5 Å². The van der Waals surface area contributed by atoms with Crippen LogP contribution in [0.25, 0.3) is 0 Å². The smallest absolute Gasteiger partial charge is 0.166 e. The summed E-state index contributed by atoms with van der Waals surface area (Å²) in [4.78, 5) is 12.2. The van der Waals surface area contributed by atoms with E-state index < -0.39 is 0 Å². The first-order valence-electron chi connectivity index (χ1n) is 6.21. The zero-order chi connectivity index (χ0) is 13.4. The van der Waals surface area contributed by atoms with E-state index in [2.05, 4.69) is 0 Å². The minimum Gasteiger partial charge on any atom is -0.294 e. The molecule has 2 atom stereocenters. The number of halogens is 2. The Kier molecular flexibility index (Phi) is 3.11. The highest BCUT2D eigenvalue weighted by Crippen LogP contribution is 2.50. The number of carbonyl (C=O) groups is 1. The van der Waals surface area contributed by atoms with Gasteiger partial charge >= 0.3 is 0 Å². The molecule has 2 aromatic carbocycles. The van der Waals surface area contributed by atoms with Gasteiger partial charge in [0.05, 0.1) is 0 Å². The summed E-state index contributed by atoms with van der Waals surface area (Å²) in [6.45, 7) is 0. The van der Waals surface area contributed by atoms with E-state index in [-0.39, 0.29) is 23.4 Å². The molecule has 3 rings (SSSR count). The molecule has 0 saturated heterocycles. The van der Waals surface area contributed by atoms with E-state index in [1.165, 1.54) is 12.1 Å². The lowest BCUT2D eigenvalue weighted by atomic mass is 10.0. The van der Waals surface area contributed by atoms with Crippen molar-refractivity contribution in [3.8, 4) is 0 Å². The van der Waals surface area contributed by atoms with Crippen LogP contribution in [0.4, 0.5) is 4.39 Å². The monoisotopic (exact) mass is 274 g/mol. The molecular weight excluding hydrogens is 263 g/mol. The number of hydrogen-bond acceptors (Lipinski definition) is 1. The van der Waals surface area contributed by atoms with E-state index in [0.29, 0.717) is 10.6 Å². The third-order valence-electron chi connectivity index (χ3n) is 3.56. The van der Waals surface area contributed by atoms with Gasteiger partial charge in [-0.05, 0) is 48.2 Å². The fourth-order valence-electron chi connectivity index (χ4n) is 2.43. The van der Waals surface area contributed by atoms with Crippen LogP contribution < -0.4 is 0 Å². The Labute approximate surface area is 116 Å². The number of ketones is 1. The van der Waals surface area contributed by atoms with E-state index in [1.54, 1.807) is 12.1 Å². The van der Waals surface area contributed by atoms with Gasteiger partial charge in [0.1, 0.15) is 5.82 Å². The molecule has 0 N–H and O–H groups in total. The molecule has 1 nitrogen and oxygen atoms in total. The fourth-order valence-corrected chi connectivity index (χ4v) is 2.71. The summed E-state index contributed by atoms with van der Waals surface area (Å²) in [5.41, 5.74) is 1.60. The molecule has 0 aliphatic heterocycles. The van der Waals surface area contributed by atoms with Gasteiger partial charge in [0.25, 0.3) is 0 Å². The molecule has 0 amide bonds. The van der Waals surface area contributed by atoms with Gasteiger partial charge in [-0.25, -0.2) is 4.39 Å². The van der Waals surface area contributed by atoms with Gasteiger partial charge < -0.3 is 0 Å². The summed E-state index contributed by atoms with van der Waals surface area (Å²) in [6, 6.07) is 13.3. The van der Waals surface area contributed by atoms with Gasteiger partial charge in [0.15, 0.2) is 5.78 Å². The first kappa shape index (κ1) is 12.4. The highest BCUT2D eigenvalue weighted by molar-refractivity contribution is 6.31. The molecule has 2 unspecified atom stereocenters. The zero-order valence-electron chi connectivity index (χ0n) is 10.1. The van der Waals surface area contributed by atoms with Gasteiger partial charge in [0, 0.05) is 16.5 Å². The zero-order valence-corrected chi connectivity index (χ0v) is 10.9. The standard InChI is InChI=1S/C16H12ClFO/c17-15-4-2-1-3-12(15)13-9-14(13)16(19)10-5-7-11(18)8-6-10/h1-8,13-14H,9H2. The number of Topliss-reactive ketones (excluding diaryl/α,β-unsaturated/α-hetero) is 1. The van der Waals surface area contributed by atoms with Crippen LogP contribution in [0, 0.1) is 11.7 Å². The average molecular weight is 275 g/mol. The van der Waals surface area contributed by atoms with E-state index in [4.69, 9.17) is 11.6 Å². The normalized spacial score (nSPS) is 21.2. The second-order valence-corrected chi connectivity index (χ2v) is 5.25. The van der Waals surface area contributed by atoms with E-state index in [1.807, 2.05) is 24.3 Å². The van der Waals surface area contributed by atoms with Crippen molar-refractivity contribution < 1.29 is 9.18 Å². The third-order valence-corrected chi connectivity index (χ3v) is 3.90. The van der Waals surface area contributed by atoms with Crippen LogP contribution in [0.2, 0.25) is 5.02 Å². The van der Waals surface area contributed by atoms with Gasteiger partial charge in [-0.2, -0.15) is 0 Å². The van der Waals surface area contributed by atoms with Gasteiger partial charge in [-0.1, -0.05) is 29.8 Å². The molecule has 0 spiro atoms. The Bertz CT molecular complexity index is 621. The fraction of sp³-hybridized carbons (Fsp3) is 0.188. The lowest BCUT2D eigenvalue weighted by molar-refractivity contribution is 0.0965. The Morgan fingerprint density at radius 1 is 1.11 bits per heavy atom. The quantitative estimate of drug-likeness (QED) is 0.755. The van der Waals surface area contributed by atoms with Crippen molar-refractivity contribution in [1.29, 1.82) is 0 Å². The molecule has 0 radical (unpaired) electrons. The summed E-state index contributed by atoms with van der Waals surface area (Å²) in [5.74, 6) is -0.0727. The first-order valence-corrected chi connectivity index (χ1v) is 6.59. The van der Waals surface area contributed by atoms with Crippen LogP contribution in [-0.2, 0) is 0 Å². The summed E-state index contributed by atoms with van der Waals surface area (Å²) in [5, 5.41) is 0.710. The summed E-state index contributed by atoms with van der Waals surface area (Å²) < 4.78 is 12.8. The topological polar surface area (TPSA) is 17.1 Å². The van der Waals surface area contributed by atoms with Crippen molar-refractivity contribution in [1.82, 2.24) is 0 Å². The molecule has 19 heavy (non-hydrogen) atoms.